The molecule has 0 amide bonds. The number of guanidine groups is 1. The van der Waals surface area contributed by atoms with Crippen molar-refractivity contribution in [2.45, 2.75) is 26.3 Å². The fraction of sp³-hybridized carbons (Fsp3) is 0.350. The summed E-state index contributed by atoms with van der Waals surface area (Å²) in [6.07, 6.45) is 7.89. The standard InChI is InChI=1S/C20H26N6S/c1-4-18-13-23-19(27-18)10-11-22-20(21-2)25(3)14-16-12-24-26(15-16)17-8-6-5-7-9-17/h5-9,12-13,15H,4,10-11,14H2,1-3H3,(H,21,22). The first-order valence-corrected chi connectivity index (χ1v) is 9.95. The van der Waals surface area contributed by atoms with E-state index in [0.717, 1.165) is 43.1 Å². The zero-order valence-corrected chi connectivity index (χ0v) is 16.9. The van der Waals surface area contributed by atoms with Gasteiger partial charge in [-0.15, -0.1) is 11.3 Å². The molecule has 1 N–H and O–H groups in total. The predicted molar refractivity (Wildman–Crippen MR) is 112 cm³/mol. The molecule has 6 nitrogen and oxygen atoms in total. The molecule has 0 unspecified atom stereocenters. The minimum atomic E-state index is 0.740. The maximum atomic E-state index is 4.47. The summed E-state index contributed by atoms with van der Waals surface area (Å²) in [4.78, 5) is 12.3. The second-order valence-electron chi connectivity index (χ2n) is 6.28. The largest absolute Gasteiger partial charge is 0.356 e. The molecule has 2 heterocycles. The van der Waals surface area contributed by atoms with Crippen LogP contribution in [0.5, 0.6) is 0 Å². The van der Waals surface area contributed by atoms with Crippen LogP contribution in [0.1, 0.15) is 22.4 Å². The molecule has 0 spiro atoms. The molecule has 3 aromatic rings. The van der Waals surface area contributed by atoms with Gasteiger partial charge in [0.15, 0.2) is 5.96 Å². The average Bonchev–Trinajstić information content (AvgIpc) is 3.35. The molecule has 27 heavy (non-hydrogen) atoms. The molecule has 0 atom stereocenters. The molecule has 0 saturated carbocycles. The first kappa shape index (κ1) is 19.1. The van der Waals surface area contributed by atoms with Crippen LogP contribution in [0, 0.1) is 0 Å². The number of nitrogens with zero attached hydrogens (tertiary/aromatic N) is 5. The van der Waals surface area contributed by atoms with Crippen LogP contribution < -0.4 is 5.32 Å². The lowest BCUT2D eigenvalue weighted by Crippen LogP contribution is -2.39. The molecule has 1 aromatic carbocycles. The molecule has 0 fully saturated rings. The van der Waals surface area contributed by atoms with Crippen LogP contribution in [0.2, 0.25) is 0 Å². The van der Waals surface area contributed by atoms with E-state index < -0.39 is 0 Å². The van der Waals surface area contributed by atoms with Gasteiger partial charge in [0.2, 0.25) is 0 Å². The van der Waals surface area contributed by atoms with Crippen molar-refractivity contribution >= 4 is 17.3 Å². The van der Waals surface area contributed by atoms with E-state index in [1.807, 2.05) is 61.5 Å². The van der Waals surface area contributed by atoms with Crippen LogP contribution in [0.15, 0.2) is 53.9 Å². The molecule has 0 aliphatic carbocycles. The number of hydrogen-bond donors (Lipinski definition) is 1. The Morgan fingerprint density at radius 2 is 2.07 bits per heavy atom. The van der Waals surface area contributed by atoms with Gasteiger partial charge in [0.1, 0.15) is 0 Å². The lowest BCUT2D eigenvalue weighted by Gasteiger charge is -2.21. The van der Waals surface area contributed by atoms with Gasteiger partial charge in [0.25, 0.3) is 0 Å². The van der Waals surface area contributed by atoms with Gasteiger partial charge in [0.05, 0.1) is 16.9 Å². The van der Waals surface area contributed by atoms with Crippen molar-refractivity contribution in [1.82, 2.24) is 25.0 Å². The van der Waals surface area contributed by atoms with Crippen molar-refractivity contribution in [1.29, 1.82) is 0 Å². The van der Waals surface area contributed by atoms with Crippen molar-refractivity contribution < 1.29 is 0 Å². The Morgan fingerprint density at radius 1 is 1.26 bits per heavy atom. The maximum absolute atomic E-state index is 4.47. The van der Waals surface area contributed by atoms with Crippen LogP contribution >= 0.6 is 11.3 Å². The van der Waals surface area contributed by atoms with Crippen LogP contribution in [-0.2, 0) is 19.4 Å². The lowest BCUT2D eigenvalue weighted by atomic mass is 10.3. The summed E-state index contributed by atoms with van der Waals surface area (Å²) in [6.45, 7) is 3.72. The smallest absolute Gasteiger partial charge is 0.193 e. The summed E-state index contributed by atoms with van der Waals surface area (Å²) in [5.41, 5.74) is 2.20. The number of para-hydroxylation sites is 1. The van der Waals surface area contributed by atoms with Crippen molar-refractivity contribution in [2.24, 2.45) is 4.99 Å². The first-order chi connectivity index (χ1) is 13.2. The van der Waals surface area contributed by atoms with E-state index in [9.17, 15) is 0 Å². The minimum absolute atomic E-state index is 0.740. The van der Waals surface area contributed by atoms with Crippen molar-refractivity contribution in [3.05, 3.63) is 64.4 Å². The summed E-state index contributed by atoms with van der Waals surface area (Å²) >= 11 is 1.79. The van der Waals surface area contributed by atoms with Crippen LogP contribution in [0.3, 0.4) is 0 Å². The molecule has 142 valence electrons. The third kappa shape index (κ3) is 5.17. The van der Waals surface area contributed by atoms with Gasteiger partial charge in [0, 0.05) is 56.4 Å². The molecule has 3 rings (SSSR count). The van der Waals surface area contributed by atoms with E-state index in [4.69, 9.17) is 0 Å². The predicted octanol–water partition coefficient (Wildman–Crippen LogP) is 3.14. The fourth-order valence-electron chi connectivity index (χ4n) is 2.81. The fourth-order valence-corrected chi connectivity index (χ4v) is 3.67. The average molecular weight is 383 g/mol. The first-order valence-electron chi connectivity index (χ1n) is 9.14. The summed E-state index contributed by atoms with van der Waals surface area (Å²) in [7, 11) is 3.85. The number of aliphatic imine (C=N–C) groups is 1. The van der Waals surface area contributed by atoms with Gasteiger partial charge >= 0.3 is 0 Å². The summed E-state index contributed by atoms with van der Waals surface area (Å²) in [6, 6.07) is 10.1. The molecule has 0 radical (unpaired) electrons. The molecule has 0 aliphatic rings. The van der Waals surface area contributed by atoms with Crippen molar-refractivity contribution in [3.8, 4) is 5.69 Å². The Balaban J connectivity index is 1.52. The van der Waals surface area contributed by atoms with Crippen molar-refractivity contribution in [3.63, 3.8) is 0 Å². The van der Waals surface area contributed by atoms with Crippen LogP contribution in [0.25, 0.3) is 5.69 Å². The van der Waals surface area contributed by atoms with Crippen LogP contribution in [-0.4, -0.2) is 46.3 Å². The third-order valence-electron chi connectivity index (χ3n) is 4.22. The van der Waals surface area contributed by atoms with Gasteiger partial charge in [-0.3, -0.25) is 4.99 Å². The quantitative estimate of drug-likeness (QED) is 0.504. The Hall–Kier alpha value is -2.67. The van der Waals surface area contributed by atoms with Crippen molar-refractivity contribution in [2.75, 3.05) is 20.6 Å². The molecule has 0 saturated heterocycles. The zero-order valence-electron chi connectivity index (χ0n) is 16.1. The normalized spacial score (nSPS) is 11.6. The topological polar surface area (TPSA) is 58.3 Å². The number of hydrogen-bond acceptors (Lipinski definition) is 4. The number of thiazole rings is 1. The number of rotatable bonds is 7. The summed E-state index contributed by atoms with van der Waals surface area (Å²) in [5.74, 6) is 0.870. The molecule has 0 aliphatic heterocycles. The number of aryl methyl sites for hydroxylation is 1. The van der Waals surface area contributed by atoms with E-state index in [2.05, 4.69) is 38.4 Å². The van der Waals surface area contributed by atoms with E-state index >= 15 is 0 Å². The molecular weight excluding hydrogens is 356 g/mol. The Labute approximate surface area is 164 Å². The van der Waals surface area contributed by atoms with Gasteiger partial charge in [-0.2, -0.15) is 5.10 Å². The monoisotopic (exact) mass is 382 g/mol. The van der Waals surface area contributed by atoms with Gasteiger partial charge in [-0.1, -0.05) is 25.1 Å². The molecule has 0 bridgehead atoms. The minimum Gasteiger partial charge on any atom is -0.356 e. The molecule has 7 heteroatoms. The van der Waals surface area contributed by atoms with Gasteiger partial charge in [-0.05, 0) is 18.6 Å². The number of nitrogens with one attached hydrogen (secondary N) is 1. The summed E-state index contributed by atoms with van der Waals surface area (Å²) < 4.78 is 1.90. The SMILES string of the molecule is CCc1cnc(CCNC(=NC)N(C)Cc2cnn(-c3ccccc3)c2)s1. The Kier molecular flexibility index (Phi) is 6.59. The second-order valence-corrected chi connectivity index (χ2v) is 7.48. The Bertz CT molecular complexity index is 867. The highest BCUT2D eigenvalue weighted by molar-refractivity contribution is 7.11. The maximum Gasteiger partial charge on any atom is 0.193 e. The van der Waals surface area contributed by atoms with E-state index in [1.54, 1.807) is 11.3 Å². The summed E-state index contributed by atoms with van der Waals surface area (Å²) in [5, 5.41) is 9.05. The van der Waals surface area contributed by atoms with E-state index in [1.165, 1.54) is 9.88 Å². The highest BCUT2D eigenvalue weighted by atomic mass is 32.1. The second kappa shape index (κ2) is 9.32. The van der Waals surface area contributed by atoms with E-state index in [0.29, 0.717) is 0 Å². The van der Waals surface area contributed by atoms with E-state index in [-0.39, 0.29) is 0 Å². The lowest BCUT2D eigenvalue weighted by molar-refractivity contribution is 0.477. The van der Waals surface area contributed by atoms with Crippen LogP contribution in [0.4, 0.5) is 0 Å². The number of benzene rings is 1. The highest BCUT2D eigenvalue weighted by Crippen LogP contribution is 2.13. The molecular formula is C20H26N6S. The highest BCUT2D eigenvalue weighted by Gasteiger charge is 2.09. The number of aromatic nitrogens is 3. The third-order valence-corrected chi connectivity index (χ3v) is 5.42. The van der Waals surface area contributed by atoms with Gasteiger partial charge in [-0.25, -0.2) is 9.67 Å². The molecule has 2 aromatic heterocycles. The Morgan fingerprint density at radius 3 is 2.78 bits per heavy atom. The van der Waals surface area contributed by atoms with Gasteiger partial charge < -0.3 is 10.2 Å². The zero-order chi connectivity index (χ0) is 19.1.